The number of aryl methyl sites for hydroxylation is 1. The zero-order valence-electron chi connectivity index (χ0n) is 20.1. The molecule has 1 aliphatic rings. The normalized spacial score (nSPS) is 16.2. The minimum absolute atomic E-state index is 0.0189. The number of nitrogens with two attached hydrogens (primary N) is 1. The van der Waals surface area contributed by atoms with Gasteiger partial charge in [0.1, 0.15) is 17.2 Å². The van der Waals surface area contributed by atoms with Crippen LogP contribution in [0.15, 0.2) is 67.0 Å². The number of likely N-dealkylation sites (tertiary alicyclic amines) is 1. The number of hydrogen-bond acceptors (Lipinski definition) is 4. The second-order valence-electron chi connectivity index (χ2n) is 9.45. The van der Waals surface area contributed by atoms with Crippen LogP contribution in [0.1, 0.15) is 34.6 Å². The highest BCUT2D eigenvalue weighted by atomic mass is 19.1. The molecular weight excluding hydrogens is 455 g/mol. The van der Waals surface area contributed by atoms with E-state index in [1.165, 1.54) is 6.07 Å². The van der Waals surface area contributed by atoms with Gasteiger partial charge in [-0.2, -0.15) is 0 Å². The number of pyridine rings is 2. The number of benzene rings is 1. The number of halogens is 1. The van der Waals surface area contributed by atoms with Crippen LogP contribution in [-0.4, -0.2) is 48.9 Å². The molecule has 0 bridgehead atoms. The largest absolute Gasteiger partial charge is 0.337 e. The highest BCUT2D eigenvalue weighted by molar-refractivity contribution is 5.95. The number of carbonyl (C=O) groups is 1. The number of aromatic nitrogens is 4. The van der Waals surface area contributed by atoms with Crippen LogP contribution in [0, 0.1) is 12.7 Å². The van der Waals surface area contributed by atoms with E-state index in [0.717, 1.165) is 47.4 Å². The Morgan fingerprint density at radius 1 is 1.17 bits per heavy atom. The number of carbonyl (C=O) groups excluding carboxylic acids is 1. The quantitative estimate of drug-likeness (QED) is 0.411. The number of rotatable bonds is 4. The summed E-state index contributed by atoms with van der Waals surface area (Å²) in [7, 11) is 0. The van der Waals surface area contributed by atoms with Gasteiger partial charge in [-0.3, -0.25) is 9.78 Å². The number of para-hydroxylation sites is 1. The monoisotopic (exact) mass is 482 g/mol. The molecule has 0 unspecified atom stereocenters. The van der Waals surface area contributed by atoms with Crippen molar-refractivity contribution in [2.75, 3.05) is 13.1 Å². The lowest BCUT2D eigenvalue weighted by Crippen LogP contribution is -2.45. The fraction of sp³-hybridized carbons (Fsp3) is 0.250. The molecule has 36 heavy (non-hydrogen) atoms. The van der Waals surface area contributed by atoms with Gasteiger partial charge in [-0.15, -0.1) is 0 Å². The Labute approximate surface area is 208 Å². The Bertz CT molecular complexity index is 1600. The van der Waals surface area contributed by atoms with Crippen molar-refractivity contribution < 1.29 is 9.18 Å². The third-order valence-corrected chi connectivity index (χ3v) is 7.05. The molecule has 1 saturated heterocycles. The molecule has 4 aromatic heterocycles. The van der Waals surface area contributed by atoms with Gasteiger partial charge < -0.3 is 19.6 Å². The predicted molar refractivity (Wildman–Crippen MR) is 137 cm³/mol. The standard InChI is InChI=1S/C28H27FN6O/c1-18-27(32-26-15-20(10-13-34(18)26)28(36)33-12-5-7-21(30)16-33)25-14-19-6-2-3-9-24(19)35(25)17-23-22(29)8-4-11-31-23/h2-4,6,8-11,13-15,21H,5,7,12,16-17,30H2,1H3/t21-/m1/s1. The lowest BCUT2D eigenvalue weighted by molar-refractivity contribution is 0.0709. The number of imidazole rings is 1. The second-order valence-corrected chi connectivity index (χ2v) is 9.45. The Kier molecular flexibility index (Phi) is 5.53. The maximum atomic E-state index is 14.5. The van der Waals surface area contributed by atoms with Crippen molar-refractivity contribution in [3.8, 4) is 11.4 Å². The molecule has 2 N–H and O–H groups in total. The van der Waals surface area contributed by atoms with E-state index in [0.29, 0.717) is 23.4 Å². The van der Waals surface area contributed by atoms with Crippen LogP contribution in [0.5, 0.6) is 0 Å². The van der Waals surface area contributed by atoms with Gasteiger partial charge in [0.05, 0.1) is 17.9 Å². The first-order valence-corrected chi connectivity index (χ1v) is 12.2. The molecule has 5 heterocycles. The van der Waals surface area contributed by atoms with Crippen LogP contribution >= 0.6 is 0 Å². The fourth-order valence-electron chi connectivity index (χ4n) is 5.18. The number of nitrogens with zero attached hydrogens (tertiary/aromatic N) is 5. The molecule has 0 radical (unpaired) electrons. The fourth-order valence-corrected chi connectivity index (χ4v) is 5.18. The smallest absolute Gasteiger partial charge is 0.254 e. The zero-order chi connectivity index (χ0) is 24.8. The van der Waals surface area contributed by atoms with Crippen molar-refractivity contribution >= 4 is 22.5 Å². The van der Waals surface area contributed by atoms with Gasteiger partial charge in [0.2, 0.25) is 0 Å². The molecule has 1 aromatic carbocycles. The molecule has 0 saturated carbocycles. The van der Waals surface area contributed by atoms with Crippen LogP contribution in [0.25, 0.3) is 27.9 Å². The molecule has 0 spiro atoms. The van der Waals surface area contributed by atoms with E-state index in [9.17, 15) is 9.18 Å². The average molecular weight is 483 g/mol. The van der Waals surface area contributed by atoms with Crippen molar-refractivity contribution in [1.82, 2.24) is 23.8 Å². The van der Waals surface area contributed by atoms with Crippen molar-refractivity contribution in [2.24, 2.45) is 5.73 Å². The molecular formula is C28H27FN6O. The van der Waals surface area contributed by atoms with Crippen LogP contribution in [0.3, 0.4) is 0 Å². The molecule has 182 valence electrons. The van der Waals surface area contributed by atoms with E-state index >= 15 is 0 Å². The van der Waals surface area contributed by atoms with E-state index in [1.807, 2.05) is 58.8 Å². The molecule has 6 rings (SSSR count). The number of piperidine rings is 1. The van der Waals surface area contributed by atoms with E-state index < -0.39 is 0 Å². The summed E-state index contributed by atoms with van der Waals surface area (Å²) in [6.07, 6.45) is 5.36. The lowest BCUT2D eigenvalue weighted by Gasteiger charge is -2.30. The molecule has 8 heteroatoms. The van der Waals surface area contributed by atoms with Crippen LogP contribution in [0.2, 0.25) is 0 Å². The molecule has 1 fully saturated rings. The van der Waals surface area contributed by atoms with Gasteiger partial charge >= 0.3 is 0 Å². The molecule has 5 aromatic rings. The van der Waals surface area contributed by atoms with Crippen molar-refractivity contribution in [1.29, 1.82) is 0 Å². The minimum atomic E-state index is -0.339. The summed E-state index contributed by atoms with van der Waals surface area (Å²) in [5.41, 5.74) is 11.3. The first-order chi connectivity index (χ1) is 17.5. The zero-order valence-corrected chi connectivity index (χ0v) is 20.1. The molecule has 1 atom stereocenters. The Morgan fingerprint density at radius 2 is 2.03 bits per heavy atom. The summed E-state index contributed by atoms with van der Waals surface area (Å²) in [4.78, 5) is 24.2. The van der Waals surface area contributed by atoms with E-state index in [-0.39, 0.29) is 24.3 Å². The van der Waals surface area contributed by atoms with Crippen molar-refractivity contribution in [2.45, 2.75) is 32.4 Å². The summed E-state index contributed by atoms with van der Waals surface area (Å²) in [5.74, 6) is -0.358. The summed E-state index contributed by atoms with van der Waals surface area (Å²) < 4.78 is 18.6. The topological polar surface area (TPSA) is 81.5 Å². The van der Waals surface area contributed by atoms with Gasteiger partial charge in [0.15, 0.2) is 0 Å². The minimum Gasteiger partial charge on any atom is -0.337 e. The second kappa shape index (κ2) is 8.87. The van der Waals surface area contributed by atoms with E-state index in [2.05, 4.69) is 15.6 Å². The summed E-state index contributed by atoms with van der Waals surface area (Å²) in [6.45, 7) is 3.58. The third-order valence-electron chi connectivity index (χ3n) is 7.05. The van der Waals surface area contributed by atoms with E-state index in [1.54, 1.807) is 12.3 Å². The first kappa shape index (κ1) is 22.4. The maximum Gasteiger partial charge on any atom is 0.254 e. The van der Waals surface area contributed by atoms with Gasteiger partial charge in [0, 0.05) is 53.7 Å². The highest BCUT2D eigenvalue weighted by Gasteiger charge is 2.24. The Balaban J connectivity index is 1.44. The number of fused-ring (bicyclic) bond motifs is 2. The number of amides is 1. The molecule has 1 amide bonds. The van der Waals surface area contributed by atoms with Gasteiger partial charge in [0.25, 0.3) is 5.91 Å². The van der Waals surface area contributed by atoms with E-state index in [4.69, 9.17) is 10.7 Å². The van der Waals surface area contributed by atoms with Gasteiger partial charge in [-0.05, 0) is 56.2 Å². The Morgan fingerprint density at radius 3 is 2.86 bits per heavy atom. The number of hydrogen-bond donors (Lipinski definition) is 1. The van der Waals surface area contributed by atoms with Crippen LogP contribution in [-0.2, 0) is 6.54 Å². The predicted octanol–water partition coefficient (Wildman–Crippen LogP) is 4.41. The average Bonchev–Trinajstić information content (AvgIpc) is 3.42. The highest BCUT2D eigenvalue weighted by Crippen LogP contribution is 2.31. The van der Waals surface area contributed by atoms with Gasteiger partial charge in [-0.25, -0.2) is 9.37 Å². The Hall–Kier alpha value is -4.04. The maximum absolute atomic E-state index is 14.5. The van der Waals surface area contributed by atoms with Crippen molar-refractivity contribution in [3.05, 3.63) is 89.8 Å². The molecule has 0 aliphatic carbocycles. The third kappa shape index (κ3) is 3.83. The summed E-state index contributed by atoms with van der Waals surface area (Å²) >= 11 is 0. The van der Waals surface area contributed by atoms with Crippen molar-refractivity contribution in [3.63, 3.8) is 0 Å². The summed E-state index contributed by atoms with van der Waals surface area (Å²) in [6, 6.07) is 16.8. The first-order valence-electron chi connectivity index (χ1n) is 12.2. The van der Waals surface area contributed by atoms with Crippen LogP contribution < -0.4 is 5.73 Å². The summed E-state index contributed by atoms with van der Waals surface area (Å²) in [5, 5.41) is 1.04. The SMILES string of the molecule is Cc1c(-c2cc3ccccc3n2Cc2ncccc2F)nc2cc(C(=O)N3CCC[C@@H](N)C3)ccn12. The molecule has 1 aliphatic heterocycles. The molecule has 7 nitrogen and oxygen atoms in total. The van der Waals surface area contributed by atoms with Gasteiger partial charge in [-0.1, -0.05) is 18.2 Å². The lowest BCUT2D eigenvalue weighted by atomic mass is 10.1. The van der Waals surface area contributed by atoms with Crippen LogP contribution in [0.4, 0.5) is 4.39 Å².